The minimum atomic E-state index is -0.0638. The van der Waals surface area contributed by atoms with Crippen molar-refractivity contribution in [3.8, 4) is 34.3 Å². The Labute approximate surface area is 151 Å². The summed E-state index contributed by atoms with van der Waals surface area (Å²) in [7, 11) is 6.21. The minimum Gasteiger partial charge on any atom is -0.497 e. The Hall–Kier alpha value is -3.15. The van der Waals surface area contributed by atoms with E-state index in [0.717, 1.165) is 10.9 Å². The van der Waals surface area contributed by atoms with Crippen molar-refractivity contribution in [1.29, 1.82) is 0 Å². The molecule has 26 heavy (non-hydrogen) atoms. The van der Waals surface area contributed by atoms with Crippen molar-refractivity contribution in [3.05, 3.63) is 35.9 Å². The van der Waals surface area contributed by atoms with E-state index in [9.17, 15) is 4.79 Å². The van der Waals surface area contributed by atoms with Crippen LogP contribution < -0.4 is 18.9 Å². The number of carbonyl (C=O) groups is 1. The van der Waals surface area contributed by atoms with Gasteiger partial charge in [-0.15, -0.1) is 0 Å². The molecule has 0 spiro atoms. The number of ketones is 1. The Balaban J connectivity index is 2.23. The van der Waals surface area contributed by atoms with Gasteiger partial charge in [-0.25, -0.2) is 0 Å². The van der Waals surface area contributed by atoms with Gasteiger partial charge in [0, 0.05) is 22.6 Å². The van der Waals surface area contributed by atoms with E-state index in [4.69, 9.17) is 23.4 Å². The number of methoxy groups -OCH3 is 4. The average molecular weight is 356 g/mol. The number of furan rings is 1. The Kier molecular flexibility index (Phi) is 4.75. The van der Waals surface area contributed by atoms with Crippen LogP contribution in [0, 0.1) is 0 Å². The van der Waals surface area contributed by atoms with Crippen LogP contribution in [0.5, 0.6) is 23.0 Å². The van der Waals surface area contributed by atoms with E-state index in [0.29, 0.717) is 39.9 Å². The van der Waals surface area contributed by atoms with Gasteiger partial charge in [0.25, 0.3) is 0 Å². The zero-order chi connectivity index (χ0) is 18.8. The highest BCUT2D eigenvalue weighted by Gasteiger charge is 2.18. The van der Waals surface area contributed by atoms with E-state index in [1.165, 1.54) is 6.92 Å². The van der Waals surface area contributed by atoms with Gasteiger partial charge >= 0.3 is 0 Å². The van der Waals surface area contributed by atoms with Crippen LogP contribution in [-0.4, -0.2) is 34.2 Å². The number of carbonyl (C=O) groups excluding carboxylic acids is 1. The van der Waals surface area contributed by atoms with E-state index in [2.05, 4.69) is 0 Å². The Morgan fingerprint density at radius 1 is 0.846 bits per heavy atom. The van der Waals surface area contributed by atoms with Crippen molar-refractivity contribution >= 4 is 16.8 Å². The predicted molar refractivity (Wildman–Crippen MR) is 97.9 cm³/mol. The molecule has 0 amide bonds. The van der Waals surface area contributed by atoms with Crippen molar-refractivity contribution in [1.82, 2.24) is 0 Å². The van der Waals surface area contributed by atoms with Crippen LogP contribution in [0.3, 0.4) is 0 Å². The van der Waals surface area contributed by atoms with Gasteiger partial charge in [-0.1, -0.05) is 0 Å². The third-order valence-corrected chi connectivity index (χ3v) is 4.18. The van der Waals surface area contributed by atoms with Crippen LogP contribution in [-0.2, 0) is 0 Å². The number of ether oxygens (including phenoxy) is 4. The van der Waals surface area contributed by atoms with Crippen molar-refractivity contribution in [2.75, 3.05) is 28.4 Å². The Morgan fingerprint density at radius 2 is 1.50 bits per heavy atom. The lowest BCUT2D eigenvalue weighted by atomic mass is 10.1. The molecule has 0 aliphatic rings. The third-order valence-electron chi connectivity index (χ3n) is 4.18. The molecule has 0 aliphatic heterocycles. The number of rotatable bonds is 6. The molecule has 0 saturated heterocycles. The molecule has 0 saturated carbocycles. The van der Waals surface area contributed by atoms with Crippen LogP contribution in [0.4, 0.5) is 0 Å². The molecular formula is C20H20O6. The van der Waals surface area contributed by atoms with Crippen LogP contribution in [0.2, 0.25) is 0 Å². The van der Waals surface area contributed by atoms with Gasteiger partial charge < -0.3 is 23.4 Å². The first-order valence-corrected chi connectivity index (χ1v) is 7.95. The highest BCUT2D eigenvalue weighted by Crippen LogP contribution is 2.42. The molecule has 2 aromatic carbocycles. The van der Waals surface area contributed by atoms with Crippen molar-refractivity contribution in [3.63, 3.8) is 0 Å². The first kappa shape index (κ1) is 17.7. The lowest BCUT2D eigenvalue weighted by Gasteiger charge is -2.13. The van der Waals surface area contributed by atoms with Crippen molar-refractivity contribution in [2.45, 2.75) is 6.92 Å². The lowest BCUT2D eigenvalue weighted by molar-refractivity contribution is 0.101. The lowest BCUT2D eigenvalue weighted by Crippen LogP contribution is -1.95. The summed E-state index contributed by atoms with van der Waals surface area (Å²) >= 11 is 0. The van der Waals surface area contributed by atoms with E-state index < -0.39 is 0 Å². The zero-order valence-electron chi connectivity index (χ0n) is 15.3. The van der Waals surface area contributed by atoms with Gasteiger partial charge in [0.2, 0.25) is 5.75 Å². The molecule has 0 unspecified atom stereocenters. The van der Waals surface area contributed by atoms with Gasteiger partial charge in [-0.3, -0.25) is 4.79 Å². The normalized spacial score (nSPS) is 10.7. The summed E-state index contributed by atoms with van der Waals surface area (Å²) in [6.45, 7) is 1.51. The SMILES string of the molecule is COc1cc(C(C)=O)c2cc(-c3cc(OC)c(OC)c(OC)c3)oc2c1. The topological polar surface area (TPSA) is 67.1 Å². The maximum absolute atomic E-state index is 12.0. The van der Waals surface area contributed by atoms with E-state index in [1.54, 1.807) is 52.7 Å². The molecule has 0 atom stereocenters. The number of benzene rings is 2. The molecule has 6 nitrogen and oxygen atoms in total. The first-order valence-electron chi connectivity index (χ1n) is 7.95. The maximum atomic E-state index is 12.0. The fraction of sp³-hybridized carbons (Fsp3) is 0.250. The molecule has 3 aromatic rings. The van der Waals surface area contributed by atoms with Gasteiger partial charge in [-0.05, 0) is 31.2 Å². The van der Waals surface area contributed by atoms with Gasteiger partial charge in [0.1, 0.15) is 17.1 Å². The number of fused-ring (bicyclic) bond motifs is 1. The van der Waals surface area contributed by atoms with E-state index in [-0.39, 0.29) is 5.78 Å². The van der Waals surface area contributed by atoms with E-state index in [1.807, 2.05) is 6.07 Å². The highest BCUT2D eigenvalue weighted by molar-refractivity contribution is 6.07. The largest absolute Gasteiger partial charge is 0.497 e. The zero-order valence-corrected chi connectivity index (χ0v) is 15.3. The second-order valence-corrected chi connectivity index (χ2v) is 5.67. The molecule has 6 heteroatoms. The first-order chi connectivity index (χ1) is 12.5. The number of Topliss-reactive ketones (excluding diaryl/α,β-unsaturated/α-hetero) is 1. The summed E-state index contributed by atoms with van der Waals surface area (Å²) in [6, 6.07) is 8.88. The number of hydrogen-bond donors (Lipinski definition) is 0. The molecule has 0 radical (unpaired) electrons. The summed E-state index contributed by atoms with van der Waals surface area (Å²) in [4.78, 5) is 12.0. The number of hydrogen-bond acceptors (Lipinski definition) is 6. The van der Waals surface area contributed by atoms with Gasteiger partial charge in [0.05, 0.1) is 28.4 Å². The molecule has 1 heterocycles. The second kappa shape index (κ2) is 7.00. The molecule has 3 rings (SSSR count). The standard InChI is InChI=1S/C20H20O6/c1-11(21)14-8-13(22-2)9-17-15(14)10-16(26-17)12-6-18(23-3)20(25-5)19(7-12)24-4/h6-10H,1-5H3. The second-order valence-electron chi connectivity index (χ2n) is 5.67. The molecular weight excluding hydrogens is 336 g/mol. The van der Waals surface area contributed by atoms with Gasteiger partial charge in [0.15, 0.2) is 17.3 Å². The quantitative estimate of drug-likeness (QED) is 0.612. The van der Waals surface area contributed by atoms with Crippen molar-refractivity contribution < 1.29 is 28.2 Å². The summed E-state index contributed by atoms with van der Waals surface area (Å²) in [5.74, 6) is 2.62. The minimum absolute atomic E-state index is 0.0638. The van der Waals surface area contributed by atoms with Crippen molar-refractivity contribution in [2.24, 2.45) is 0 Å². The Morgan fingerprint density at radius 3 is 2.00 bits per heavy atom. The summed E-state index contributed by atoms with van der Waals surface area (Å²) in [6.07, 6.45) is 0. The highest BCUT2D eigenvalue weighted by atomic mass is 16.5. The van der Waals surface area contributed by atoms with Gasteiger partial charge in [-0.2, -0.15) is 0 Å². The van der Waals surface area contributed by atoms with Crippen LogP contribution in [0.1, 0.15) is 17.3 Å². The summed E-state index contributed by atoms with van der Waals surface area (Å²) < 4.78 is 27.4. The molecule has 0 bridgehead atoms. The third kappa shape index (κ3) is 2.94. The predicted octanol–water partition coefficient (Wildman–Crippen LogP) is 4.34. The summed E-state index contributed by atoms with van der Waals surface area (Å²) in [5, 5.41) is 0.724. The van der Waals surface area contributed by atoms with E-state index >= 15 is 0 Å². The van der Waals surface area contributed by atoms with Crippen LogP contribution >= 0.6 is 0 Å². The molecule has 1 aromatic heterocycles. The maximum Gasteiger partial charge on any atom is 0.203 e. The van der Waals surface area contributed by atoms with Crippen LogP contribution in [0.15, 0.2) is 34.7 Å². The summed E-state index contributed by atoms with van der Waals surface area (Å²) in [5.41, 5.74) is 1.85. The van der Waals surface area contributed by atoms with Crippen LogP contribution in [0.25, 0.3) is 22.3 Å². The molecule has 136 valence electrons. The molecule has 0 aliphatic carbocycles. The molecule has 0 fully saturated rings. The fourth-order valence-electron chi connectivity index (χ4n) is 2.89. The molecule has 0 N–H and O–H groups in total. The Bertz CT molecular complexity index is 945. The fourth-order valence-corrected chi connectivity index (χ4v) is 2.89. The smallest absolute Gasteiger partial charge is 0.203 e. The average Bonchev–Trinajstić information content (AvgIpc) is 3.09. The monoisotopic (exact) mass is 356 g/mol.